The Balaban J connectivity index is 2.89. The fourth-order valence-electron chi connectivity index (χ4n) is 1.84. The topological polar surface area (TPSA) is 9.23 Å². The Morgan fingerprint density at radius 1 is 1.35 bits per heavy atom. The van der Waals surface area contributed by atoms with Crippen LogP contribution in [0.2, 0.25) is 0 Å². The van der Waals surface area contributed by atoms with E-state index in [4.69, 9.17) is 4.74 Å². The zero-order valence-corrected chi connectivity index (χ0v) is 11.7. The molecule has 0 saturated carbocycles. The predicted octanol–water partition coefficient (Wildman–Crippen LogP) is 5.20. The van der Waals surface area contributed by atoms with E-state index in [0.717, 1.165) is 18.6 Å². The molecule has 1 rings (SSSR count). The maximum atomic E-state index is 5.83. The van der Waals surface area contributed by atoms with Gasteiger partial charge in [0, 0.05) is 0 Å². The van der Waals surface area contributed by atoms with E-state index in [1.807, 2.05) is 6.26 Å². The monoisotopic (exact) mass is 232 g/mol. The van der Waals surface area contributed by atoms with Crippen molar-refractivity contribution in [1.29, 1.82) is 0 Å². The number of hydrogen-bond donors (Lipinski definition) is 0. The third kappa shape index (κ3) is 4.26. The first-order valence-electron chi connectivity index (χ1n) is 6.47. The SMILES string of the molecule is CCCC(C)=COc1cc(C)ccc1C(C)C. The van der Waals surface area contributed by atoms with E-state index in [1.165, 1.54) is 16.7 Å². The Kier molecular flexibility index (Phi) is 5.27. The van der Waals surface area contributed by atoms with Gasteiger partial charge in [-0.3, -0.25) is 0 Å². The lowest BCUT2D eigenvalue weighted by molar-refractivity contribution is 0.463. The lowest BCUT2D eigenvalue weighted by atomic mass is 10.0. The predicted molar refractivity (Wildman–Crippen MR) is 74.6 cm³/mol. The van der Waals surface area contributed by atoms with Gasteiger partial charge >= 0.3 is 0 Å². The van der Waals surface area contributed by atoms with Crippen LogP contribution < -0.4 is 4.74 Å². The van der Waals surface area contributed by atoms with Crippen LogP contribution in [0, 0.1) is 6.92 Å². The molecule has 0 radical (unpaired) electrons. The van der Waals surface area contributed by atoms with E-state index < -0.39 is 0 Å². The third-order valence-corrected chi connectivity index (χ3v) is 2.82. The number of hydrogen-bond acceptors (Lipinski definition) is 1. The molecule has 0 unspecified atom stereocenters. The number of benzene rings is 1. The maximum Gasteiger partial charge on any atom is 0.130 e. The molecular formula is C16H24O. The molecule has 0 bridgehead atoms. The highest BCUT2D eigenvalue weighted by Crippen LogP contribution is 2.28. The quantitative estimate of drug-likeness (QED) is 0.634. The van der Waals surface area contributed by atoms with E-state index in [9.17, 15) is 0 Å². The van der Waals surface area contributed by atoms with Crippen molar-refractivity contribution in [2.75, 3.05) is 0 Å². The summed E-state index contributed by atoms with van der Waals surface area (Å²) in [6, 6.07) is 6.42. The first-order valence-corrected chi connectivity index (χ1v) is 6.47. The number of aryl methyl sites for hydroxylation is 1. The summed E-state index contributed by atoms with van der Waals surface area (Å²) >= 11 is 0. The molecule has 0 aliphatic carbocycles. The molecule has 0 aromatic heterocycles. The second kappa shape index (κ2) is 6.48. The van der Waals surface area contributed by atoms with E-state index in [0.29, 0.717) is 5.92 Å². The van der Waals surface area contributed by atoms with Gasteiger partial charge in [0.1, 0.15) is 5.75 Å². The summed E-state index contributed by atoms with van der Waals surface area (Å²) in [5.41, 5.74) is 3.81. The van der Waals surface area contributed by atoms with E-state index in [2.05, 4.69) is 52.8 Å². The smallest absolute Gasteiger partial charge is 0.130 e. The molecule has 17 heavy (non-hydrogen) atoms. The molecule has 1 nitrogen and oxygen atoms in total. The molecule has 0 heterocycles. The van der Waals surface area contributed by atoms with Crippen LogP contribution in [0.5, 0.6) is 5.75 Å². The first kappa shape index (κ1) is 13.8. The molecule has 94 valence electrons. The average molecular weight is 232 g/mol. The summed E-state index contributed by atoms with van der Waals surface area (Å²) in [5.74, 6) is 1.49. The van der Waals surface area contributed by atoms with Crippen LogP contribution in [0.25, 0.3) is 0 Å². The minimum Gasteiger partial charge on any atom is -0.465 e. The highest BCUT2D eigenvalue weighted by atomic mass is 16.5. The van der Waals surface area contributed by atoms with Crippen molar-refractivity contribution in [3.8, 4) is 5.75 Å². The Bertz CT molecular complexity index is 389. The summed E-state index contributed by atoms with van der Waals surface area (Å²) in [6.45, 7) is 10.8. The molecular weight excluding hydrogens is 208 g/mol. The first-order chi connectivity index (χ1) is 8.04. The van der Waals surface area contributed by atoms with Crippen molar-refractivity contribution in [2.45, 2.75) is 53.4 Å². The maximum absolute atomic E-state index is 5.83. The second-order valence-electron chi connectivity index (χ2n) is 5.03. The molecule has 0 aliphatic heterocycles. The Labute approximate surface area is 106 Å². The third-order valence-electron chi connectivity index (χ3n) is 2.82. The van der Waals surface area contributed by atoms with Crippen molar-refractivity contribution in [1.82, 2.24) is 0 Å². The molecule has 1 aromatic carbocycles. The highest BCUT2D eigenvalue weighted by molar-refractivity contribution is 5.39. The largest absolute Gasteiger partial charge is 0.465 e. The van der Waals surface area contributed by atoms with Crippen LogP contribution in [0.3, 0.4) is 0 Å². The van der Waals surface area contributed by atoms with Gasteiger partial charge in [-0.25, -0.2) is 0 Å². The van der Waals surface area contributed by atoms with E-state index >= 15 is 0 Å². The van der Waals surface area contributed by atoms with E-state index in [-0.39, 0.29) is 0 Å². The van der Waals surface area contributed by atoms with Gasteiger partial charge in [-0.2, -0.15) is 0 Å². The number of rotatable bonds is 5. The summed E-state index contributed by atoms with van der Waals surface area (Å²) < 4.78 is 5.83. The van der Waals surface area contributed by atoms with Gasteiger partial charge in [-0.15, -0.1) is 0 Å². The number of allylic oxidation sites excluding steroid dienone is 1. The molecule has 0 aliphatic rings. The minimum absolute atomic E-state index is 0.491. The Morgan fingerprint density at radius 3 is 2.65 bits per heavy atom. The average Bonchev–Trinajstić information content (AvgIpc) is 2.26. The van der Waals surface area contributed by atoms with Gasteiger partial charge in [-0.05, 0) is 49.0 Å². The van der Waals surface area contributed by atoms with Crippen molar-refractivity contribution < 1.29 is 4.74 Å². The van der Waals surface area contributed by atoms with Crippen LogP contribution >= 0.6 is 0 Å². The van der Waals surface area contributed by atoms with Crippen molar-refractivity contribution in [2.24, 2.45) is 0 Å². The molecule has 0 atom stereocenters. The van der Waals surface area contributed by atoms with Gasteiger partial charge in [0.2, 0.25) is 0 Å². The fraction of sp³-hybridized carbons (Fsp3) is 0.500. The molecule has 0 N–H and O–H groups in total. The van der Waals surface area contributed by atoms with Crippen molar-refractivity contribution >= 4 is 0 Å². The van der Waals surface area contributed by atoms with Crippen LogP contribution in [0.4, 0.5) is 0 Å². The summed E-state index contributed by atoms with van der Waals surface area (Å²) in [7, 11) is 0. The second-order valence-corrected chi connectivity index (χ2v) is 5.03. The van der Waals surface area contributed by atoms with Gasteiger partial charge in [0.05, 0.1) is 6.26 Å². The standard InChI is InChI=1S/C16H24O/c1-6-7-14(5)11-17-16-10-13(4)8-9-15(16)12(2)3/h8-12H,6-7H2,1-5H3. The van der Waals surface area contributed by atoms with Crippen molar-refractivity contribution in [3.05, 3.63) is 41.2 Å². The highest BCUT2D eigenvalue weighted by Gasteiger charge is 2.07. The molecule has 1 heteroatoms. The van der Waals surface area contributed by atoms with Gasteiger partial charge in [-0.1, -0.05) is 39.3 Å². The molecule has 1 aromatic rings. The van der Waals surface area contributed by atoms with Crippen molar-refractivity contribution in [3.63, 3.8) is 0 Å². The molecule has 0 spiro atoms. The summed E-state index contributed by atoms with van der Waals surface area (Å²) in [5, 5.41) is 0. The van der Waals surface area contributed by atoms with Crippen LogP contribution in [-0.4, -0.2) is 0 Å². The Morgan fingerprint density at radius 2 is 2.06 bits per heavy atom. The van der Waals surface area contributed by atoms with E-state index in [1.54, 1.807) is 0 Å². The fourth-order valence-corrected chi connectivity index (χ4v) is 1.84. The zero-order chi connectivity index (χ0) is 12.8. The van der Waals surface area contributed by atoms with Crippen LogP contribution in [0.1, 0.15) is 57.6 Å². The van der Waals surface area contributed by atoms with Crippen LogP contribution in [-0.2, 0) is 0 Å². The summed E-state index contributed by atoms with van der Waals surface area (Å²) in [6.07, 6.45) is 4.16. The zero-order valence-electron chi connectivity index (χ0n) is 11.7. The van der Waals surface area contributed by atoms with Gasteiger partial charge in [0.25, 0.3) is 0 Å². The molecule has 0 fully saturated rings. The number of ether oxygens (including phenoxy) is 1. The van der Waals surface area contributed by atoms with Gasteiger partial charge < -0.3 is 4.74 Å². The normalized spacial score (nSPS) is 12.0. The lowest BCUT2D eigenvalue weighted by Crippen LogP contribution is -1.95. The van der Waals surface area contributed by atoms with Gasteiger partial charge in [0.15, 0.2) is 0 Å². The Hall–Kier alpha value is -1.24. The lowest BCUT2D eigenvalue weighted by Gasteiger charge is -2.13. The molecule has 0 saturated heterocycles. The molecule has 0 amide bonds. The summed E-state index contributed by atoms with van der Waals surface area (Å²) in [4.78, 5) is 0. The minimum atomic E-state index is 0.491. The van der Waals surface area contributed by atoms with Crippen LogP contribution in [0.15, 0.2) is 30.0 Å².